The van der Waals surface area contributed by atoms with E-state index in [1.54, 1.807) is 0 Å². The second kappa shape index (κ2) is 7.28. The molecule has 0 radical (unpaired) electrons. The molecule has 0 bridgehead atoms. The number of hydrogen-bond acceptors (Lipinski definition) is 3. The third-order valence-electron chi connectivity index (χ3n) is 2.69. The second-order valence-corrected chi connectivity index (χ2v) is 4.41. The van der Waals surface area contributed by atoms with Crippen LogP contribution in [0, 0.1) is 6.92 Å². The Morgan fingerprint density at radius 2 is 2.12 bits per heavy atom. The summed E-state index contributed by atoms with van der Waals surface area (Å²) < 4.78 is 5.88. The molecule has 1 heterocycles. The lowest BCUT2D eigenvalue weighted by molar-refractivity contribution is 0.213. The number of ether oxygens (including phenoxy) is 1. The molecule has 3 nitrogen and oxygen atoms in total. The molecule has 0 saturated carbocycles. The first-order valence-electron chi connectivity index (χ1n) is 6.51. The van der Waals surface area contributed by atoms with Gasteiger partial charge in [-0.3, -0.25) is 4.98 Å². The number of pyridine rings is 1. The molecule has 96 valence electrons. The smallest absolute Gasteiger partial charge is 0.142 e. The van der Waals surface area contributed by atoms with Gasteiger partial charge in [-0.25, -0.2) is 0 Å². The number of nitrogens with one attached hydrogen (secondary N) is 1. The molecular formula is C14H24N2O. The van der Waals surface area contributed by atoms with E-state index in [0.29, 0.717) is 0 Å². The zero-order chi connectivity index (χ0) is 12.7. The highest BCUT2D eigenvalue weighted by molar-refractivity contribution is 5.29. The Kier molecular flexibility index (Phi) is 5.98. The largest absolute Gasteiger partial charge is 0.489 e. The Morgan fingerprint density at radius 3 is 2.76 bits per heavy atom. The van der Waals surface area contributed by atoms with Crippen LogP contribution in [0.25, 0.3) is 0 Å². The van der Waals surface area contributed by atoms with Crippen molar-refractivity contribution in [2.24, 2.45) is 0 Å². The van der Waals surface area contributed by atoms with Crippen LogP contribution < -0.4 is 10.1 Å². The minimum absolute atomic E-state index is 0.240. The number of hydrogen-bond donors (Lipinski definition) is 1. The van der Waals surface area contributed by atoms with Crippen LogP contribution in [0.1, 0.15) is 45.0 Å². The van der Waals surface area contributed by atoms with Gasteiger partial charge in [0.15, 0.2) is 0 Å². The van der Waals surface area contributed by atoms with Gasteiger partial charge in [-0.15, -0.1) is 0 Å². The molecule has 3 heteroatoms. The van der Waals surface area contributed by atoms with Gasteiger partial charge in [-0.1, -0.05) is 13.8 Å². The first-order chi connectivity index (χ1) is 8.17. The normalized spacial score (nSPS) is 12.5. The highest BCUT2D eigenvalue weighted by atomic mass is 16.5. The van der Waals surface area contributed by atoms with E-state index in [1.807, 2.05) is 19.1 Å². The molecular weight excluding hydrogens is 212 g/mol. The van der Waals surface area contributed by atoms with E-state index in [1.165, 1.54) is 0 Å². The Bertz CT molecular complexity index is 339. The monoisotopic (exact) mass is 236 g/mol. The zero-order valence-corrected chi connectivity index (χ0v) is 11.4. The van der Waals surface area contributed by atoms with E-state index < -0.39 is 0 Å². The fourth-order valence-corrected chi connectivity index (χ4v) is 1.52. The summed E-state index contributed by atoms with van der Waals surface area (Å²) in [6.07, 6.45) is 2.38. The SMILES string of the molecule is CCCNCc1nc(C)ccc1OC(C)CC. The van der Waals surface area contributed by atoms with E-state index in [4.69, 9.17) is 4.74 Å². The lowest BCUT2D eigenvalue weighted by Gasteiger charge is -2.16. The van der Waals surface area contributed by atoms with Gasteiger partial charge < -0.3 is 10.1 Å². The molecule has 17 heavy (non-hydrogen) atoms. The highest BCUT2D eigenvalue weighted by Gasteiger charge is 2.08. The summed E-state index contributed by atoms with van der Waals surface area (Å²) in [5.41, 5.74) is 2.05. The van der Waals surface area contributed by atoms with E-state index in [2.05, 4.69) is 31.1 Å². The molecule has 1 aromatic rings. The van der Waals surface area contributed by atoms with E-state index in [9.17, 15) is 0 Å². The summed E-state index contributed by atoms with van der Waals surface area (Å²) in [6, 6.07) is 4.03. The van der Waals surface area contributed by atoms with Crippen molar-refractivity contribution in [2.45, 2.75) is 53.2 Å². The summed E-state index contributed by atoms with van der Waals surface area (Å²) in [7, 11) is 0. The third kappa shape index (κ3) is 4.73. The highest BCUT2D eigenvalue weighted by Crippen LogP contribution is 2.19. The number of aromatic nitrogens is 1. The molecule has 1 N–H and O–H groups in total. The Morgan fingerprint density at radius 1 is 1.35 bits per heavy atom. The van der Waals surface area contributed by atoms with Crippen LogP contribution in [-0.4, -0.2) is 17.6 Å². The molecule has 0 fully saturated rings. The summed E-state index contributed by atoms with van der Waals surface area (Å²) in [4.78, 5) is 4.54. The Hall–Kier alpha value is -1.09. The fourth-order valence-electron chi connectivity index (χ4n) is 1.52. The lowest BCUT2D eigenvalue weighted by atomic mass is 10.2. The second-order valence-electron chi connectivity index (χ2n) is 4.41. The molecule has 0 aromatic carbocycles. The summed E-state index contributed by atoms with van der Waals surface area (Å²) in [5, 5.41) is 3.37. The molecule has 1 atom stereocenters. The average Bonchev–Trinajstić information content (AvgIpc) is 2.32. The summed E-state index contributed by atoms with van der Waals surface area (Å²) in [5.74, 6) is 0.911. The van der Waals surface area contributed by atoms with Crippen molar-refractivity contribution in [2.75, 3.05) is 6.54 Å². The van der Waals surface area contributed by atoms with Crippen LogP contribution in [0.5, 0.6) is 5.75 Å². The number of rotatable bonds is 7. The van der Waals surface area contributed by atoms with Gasteiger partial charge in [0.2, 0.25) is 0 Å². The minimum Gasteiger partial charge on any atom is -0.489 e. The van der Waals surface area contributed by atoms with Crippen molar-refractivity contribution in [3.8, 4) is 5.75 Å². The molecule has 0 aliphatic heterocycles. The molecule has 1 unspecified atom stereocenters. The fraction of sp³-hybridized carbons (Fsp3) is 0.643. The average molecular weight is 236 g/mol. The van der Waals surface area contributed by atoms with Crippen molar-refractivity contribution in [3.63, 3.8) is 0 Å². The molecule has 1 rings (SSSR count). The Labute approximate surface area is 105 Å². The molecule has 0 amide bonds. The van der Waals surface area contributed by atoms with Gasteiger partial charge in [0.25, 0.3) is 0 Å². The van der Waals surface area contributed by atoms with Crippen molar-refractivity contribution < 1.29 is 4.74 Å². The maximum atomic E-state index is 5.88. The van der Waals surface area contributed by atoms with Crippen molar-refractivity contribution >= 4 is 0 Å². The lowest BCUT2D eigenvalue weighted by Crippen LogP contribution is -2.18. The topological polar surface area (TPSA) is 34.2 Å². The van der Waals surface area contributed by atoms with Crippen molar-refractivity contribution in [1.82, 2.24) is 10.3 Å². The first-order valence-corrected chi connectivity index (χ1v) is 6.51. The first kappa shape index (κ1) is 14.0. The van der Waals surface area contributed by atoms with E-state index in [-0.39, 0.29) is 6.10 Å². The molecule has 0 aliphatic rings. The zero-order valence-electron chi connectivity index (χ0n) is 11.4. The summed E-state index contributed by atoms with van der Waals surface area (Å²) in [6.45, 7) is 10.2. The van der Waals surface area contributed by atoms with Gasteiger partial charge in [0, 0.05) is 12.2 Å². The van der Waals surface area contributed by atoms with Crippen LogP contribution in [0.4, 0.5) is 0 Å². The predicted molar refractivity (Wildman–Crippen MR) is 71.4 cm³/mol. The maximum absolute atomic E-state index is 5.88. The van der Waals surface area contributed by atoms with Crippen molar-refractivity contribution in [1.29, 1.82) is 0 Å². The maximum Gasteiger partial charge on any atom is 0.142 e. The van der Waals surface area contributed by atoms with Crippen molar-refractivity contribution in [3.05, 3.63) is 23.5 Å². The molecule has 0 aliphatic carbocycles. The van der Waals surface area contributed by atoms with Gasteiger partial charge in [0.1, 0.15) is 5.75 Å². The van der Waals surface area contributed by atoms with Crippen LogP contribution in [0.3, 0.4) is 0 Å². The molecule has 0 saturated heterocycles. The van der Waals surface area contributed by atoms with Gasteiger partial charge >= 0.3 is 0 Å². The quantitative estimate of drug-likeness (QED) is 0.739. The predicted octanol–water partition coefficient (Wildman–Crippen LogP) is 3.07. The van der Waals surface area contributed by atoms with Gasteiger partial charge in [-0.05, 0) is 45.4 Å². The van der Waals surface area contributed by atoms with Crippen LogP contribution in [0.2, 0.25) is 0 Å². The van der Waals surface area contributed by atoms with Gasteiger partial charge in [-0.2, -0.15) is 0 Å². The van der Waals surface area contributed by atoms with Crippen LogP contribution in [0.15, 0.2) is 12.1 Å². The minimum atomic E-state index is 0.240. The standard InChI is InChI=1S/C14H24N2O/c1-5-9-15-10-13-14(17-12(4)6-2)8-7-11(3)16-13/h7-8,12,15H,5-6,9-10H2,1-4H3. The van der Waals surface area contributed by atoms with Crippen LogP contribution in [-0.2, 0) is 6.54 Å². The van der Waals surface area contributed by atoms with Crippen LogP contribution >= 0.6 is 0 Å². The number of aryl methyl sites for hydroxylation is 1. The Balaban J connectivity index is 2.72. The number of nitrogens with zero attached hydrogens (tertiary/aromatic N) is 1. The summed E-state index contributed by atoms with van der Waals surface area (Å²) >= 11 is 0. The molecule has 0 spiro atoms. The van der Waals surface area contributed by atoms with Gasteiger partial charge in [0.05, 0.1) is 11.8 Å². The molecule has 1 aromatic heterocycles. The van der Waals surface area contributed by atoms with E-state index >= 15 is 0 Å². The van der Waals surface area contributed by atoms with E-state index in [0.717, 1.165) is 43.1 Å². The third-order valence-corrected chi connectivity index (χ3v) is 2.69.